The number of esters is 1. The second-order valence-corrected chi connectivity index (χ2v) is 21.2. The SMILES string of the molecule is CO[C@H]1C[C@@]2(C)C3C[C@H](OC)[C@H]4C(C)(C)[C@@H](OC(=O)[C@@H](NC(=O)OC(C)(C)C)C(C)C)CC[C@@]45C[C@@]35CC[C@]2(C)[C@H]1[C@@]1(C)CC[C@@H](C(C)(C)OC)O1. The number of nitrogens with one attached hydrogen (secondary N) is 1. The van der Waals surface area contributed by atoms with Crippen LogP contribution in [0.5, 0.6) is 0 Å². The van der Waals surface area contributed by atoms with Gasteiger partial charge in [-0.2, -0.15) is 0 Å². The Morgan fingerprint density at radius 1 is 0.808 bits per heavy atom. The van der Waals surface area contributed by atoms with Crippen LogP contribution in [0.1, 0.15) is 141 Å². The Kier molecular flexibility index (Phi) is 9.91. The van der Waals surface area contributed by atoms with Crippen molar-refractivity contribution in [3.63, 3.8) is 0 Å². The van der Waals surface area contributed by atoms with Crippen molar-refractivity contribution in [1.29, 1.82) is 0 Å². The van der Waals surface area contributed by atoms with Gasteiger partial charge < -0.3 is 33.7 Å². The number of fused-ring (bicyclic) bond motifs is 2. The maximum atomic E-state index is 13.8. The van der Waals surface area contributed by atoms with E-state index in [4.69, 9.17) is 28.4 Å². The van der Waals surface area contributed by atoms with Gasteiger partial charge in [-0.15, -0.1) is 0 Å². The Bertz CT molecular complexity index is 1390. The van der Waals surface area contributed by atoms with E-state index in [9.17, 15) is 9.59 Å². The summed E-state index contributed by atoms with van der Waals surface area (Å²) in [6.07, 6.45) is 8.87. The van der Waals surface area contributed by atoms with Crippen LogP contribution in [0.15, 0.2) is 0 Å². The number of amides is 1. The predicted molar refractivity (Wildman–Crippen MR) is 201 cm³/mol. The van der Waals surface area contributed by atoms with Gasteiger partial charge in [-0.1, -0.05) is 41.5 Å². The highest BCUT2D eigenvalue weighted by molar-refractivity contribution is 5.82. The summed E-state index contributed by atoms with van der Waals surface area (Å²) in [6, 6.07) is -0.788. The molecule has 9 nitrogen and oxygen atoms in total. The Morgan fingerprint density at radius 2 is 1.46 bits per heavy atom. The molecule has 1 N–H and O–H groups in total. The molecule has 0 radical (unpaired) electrons. The van der Waals surface area contributed by atoms with Crippen molar-refractivity contribution >= 4 is 12.1 Å². The zero-order valence-electron chi connectivity index (χ0n) is 35.3. The number of carbonyl (C=O) groups excluding carboxylic acids is 2. The molecule has 6 aliphatic rings. The molecule has 1 heterocycles. The molecule has 1 amide bonds. The number of alkyl carbamates (subject to hydrolysis) is 1. The van der Waals surface area contributed by atoms with Crippen molar-refractivity contribution in [1.82, 2.24) is 5.32 Å². The van der Waals surface area contributed by atoms with E-state index in [1.807, 2.05) is 48.8 Å². The molecule has 0 bridgehead atoms. The van der Waals surface area contributed by atoms with Gasteiger partial charge in [-0.3, -0.25) is 0 Å². The Hall–Kier alpha value is -1.42. The van der Waals surface area contributed by atoms with E-state index in [0.717, 1.165) is 38.5 Å². The average molecular weight is 732 g/mol. The van der Waals surface area contributed by atoms with Crippen LogP contribution in [0, 0.1) is 50.7 Å². The van der Waals surface area contributed by atoms with Crippen LogP contribution in [0.4, 0.5) is 4.79 Å². The molecule has 52 heavy (non-hydrogen) atoms. The second-order valence-electron chi connectivity index (χ2n) is 21.2. The first kappa shape index (κ1) is 40.2. The molecule has 5 aliphatic carbocycles. The molecule has 6 rings (SSSR count). The van der Waals surface area contributed by atoms with Crippen LogP contribution in [-0.4, -0.2) is 80.7 Å². The van der Waals surface area contributed by atoms with E-state index in [1.54, 1.807) is 7.11 Å². The summed E-state index contributed by atoms with van der Waals surface area (Å²) < 4.78 is 38.1. The molecule has 13 atom stereocenters. The third-order valence-corrected chi connectivity index (χ3v) is 16.7. The normalized spacial score (nSPS) is 45.7. The van der Waals surface area contributed by atoms with Crippen molar-refractivity contribution in [2.45, 2.75) is 188 Å². The molecule has 0 aromatic carbocycles. The van der Waals surface area contributed by atoms with Crippen molar-refractivity contribution < 1.29 is 38.0 Å². The van der Waals surface area contributed by atoms with E-state index in [0.29, 0.717) is 5.92 Å². The average Bonchev–Trinajstić information content (AvgIpc) is 3.39. The van der Waals surface area contributed by atoms with Crippen molar-refractivity contribution in [3.8, 4) is 0 Å². The molecule has 9 heteroatoms. The van der Waals surface area contributed by atoms with Gasteiger partial charge in [0.05, 0.1) is 29.5 Å². The van der Waals surface area contributed by atoms with Gasteiger partial charge in [0.15, 0.2) is 0 Å². The molecule has 1 unspecified atom stereocenters. The lowest BCUT2D eigenvalue weighted by Gasteiger charge is -2.65. The van der Waals surface area contributed by atoms with E-state index in [-0.39, 0.29) is 86.4 Å². The van der Waals surface area contributed by atoms with Crippen molar-refractivity contribution in [2.24, 2.45) is 50.7 Å². The number of carbonyl (C=O) groups is 2. The minimum atomic E-state index is -0.788. The first-order valence-corrected chi connectivity index (χ1v) is 20.4. The fraction of sp³-hybridized carbons (Fsp3) is 0.953. The lowest BCUT2D eigenvalue weighted by Crippen LogP contribution is -2.63. The molecule has 0 aromatic heterocycles. The Labute approximate surface area is 315 Å². The highest BCUT2D eigenvalue weighted by Gasteiger charge is 2.85. The quantitative estimate of drug-likeness (QED) is 0.236. The highest BCUT2D eigenvalue weighted by atomic mass is 16.6. The smallest absolute Gasteiger partial charge is 0.408 e. The summed E-state index contributed by atoms with van der Waals surface area (Å²) in [4.78, 5) is 26.6. The topological polar surface area (TPSA) is 102 Å². The van der Waals surface area contributed by atoms with Crippen LogP contribution >= 0.6 is 0 Å². The first-order valence-electron chi connectivity index (χ1n) is 20.4. The molecule has 298 valence electrons. The van der Waals surface area contributed by atoms with Gasteiger partial charge in [-0.25, -0.2) is 9.59 Å². The van der Waals surface area contributed by atoms with Crippen LogP contribution in [0.2, 0.25) is 0 Å². The van der Waals surface area contributed by atoms with Gasteiger partial charge in [0.1, 0.15) is 17.7 Å². The molecule has 1 aliphatic heterocycles. The van der Waals surface area contributed by atoms with E-state index < -0.39 is 17.7 Å². The van der Waals surface area contributed by atoms with Crippen molar-refractivity contribution in [2.75, 3.05) is 21.3 Å². The van der Waals surface area contributed by atoms with Gasteiger partial charge >= 0.3 is 12.1 Å². The Morgan fingerprint density at radius 3 is 2.04 bits per heavy atom. The molecular weight excluding hydrogens is 658 g/mol. The molecular formula is C43H73NO8. The van der Waals surface area contributed by atoms with E-state index >= 15 is 0 Å². The van der Waals surface area contributed by atoms with Crippen LogP contribution < -0.4 is 5.32 Å². The largest absolute Gasteiger partial charge is 0.460 e. The number of methoxy groups -OCH3 is 3. The maximum absolute atomic E-state index is 13.8. The van der Waals surface area contributed by atoms with Gasteiger partial charge in [0.25, 0.3) is 0 Å². The molecule has 2 spiro atoms. The summed E-state index contributed by atoms with van der Waals surface area (Å²) in [6.45, 7) is 25.8. The monoisotopic (exact) mass is 732 g/mol. The highest BCUT2D eigenvalue weighted by Crippen LogP contribution is 2.89. The summed E-state index contributed by atoms with van der Waals surface area (Å²) in [5.41, 5.74) is -1.07. The third-order valence-electron chi connectivity index (χ3n) is 16.7. The lowest BCUT2D eigenvalue weighted by molar-refractivity contribution is -0.223. The summed E-state index contributed by atoms with van der Waals surface area (Å²) >= 11 is 0. The molecule has 6 fully saturated rings. The van der Waals surface area contributed by atoms with Crippen molar-refractivity contribution in [3.05, 3.63) is 0 Å². The second kappa shape index (κ2) is 12.8. The predicted octanol–water partition coefficient (Wildman–Crippen LogP) is 8.50. The summed E-state index contributed by atoms with van der Waals surface area (Å²) in [5.74, 6) is 0.528. The molecule has 1 saturated heterocycles. The van der Waals surface area contributed by atoms with Crippen LogP contribution in [0.3, 0.4) is 0 Å². The van der Waals surface area contributed by atoms with E-state index in [1.165, 1.54) is 19.3 Å². The lowest BCUT2D eigenvalue weighted by atomic mass is 9.41. The summed E-state index contributed by atoms with van der Waals surface area (Å²) in [5, 5.41) is 2.81. The van der Waals surface area contributed by atoms with Gasteiger partial charge in [0.2, 0.25) is 0 Å². The van der Waals surface area contributed by atoms with Gasteiger partial charge in [0, 0.05) is 32.7 Å². The fourth-order valence-corrected chi connectivity index (χ4v) is 14.0. The summed E-state index contributed by atoms with van der Waals surface area (Å²) in [7, 11) is 5.60. The maximum Gasteiger partial charge on any atom is 0.408 e. The Balaban J connectivity index is 1.26. The number of hydrogen-bond acceptors (Lipinski definition) is 8. The van der Waals surface area contributed by atoms with Crippen LogP contribution in [0.25, 0.3) is 0 Å². The molecule has 0 aromatic rings. The van der Waals surface area contributed by atoms with E-state index in [2.05, 4.69) is 53.8 Å². The number of hydrogen-bond donors (Lipinski definition) is 1. The fourth-order valence-electron chi connectivity index (χ4n) is 14.0. The standard InChI is InChI=1S/C43H73NO8/c1-25(2)31(44-35(46)52-36(3,4)5)34(45)50-29-17-19-43-24-42(43)21-20-39(10)33(41(12)18-16-30(51-41)38(8,9)49-15)27(48-14)23-40(39,11)28(42)22-26(47-13)32(43)37(29,6)7/h25-33H,16-24H2,1-15H3,(H,44,46)/t26-,27-,28?,29-,30-,31-,32-,33-,39+,40-,41+,42-,43+/m0/s1. The van der Waals surface area contributed by atoms with Gasteiger partial charge in [-0.05, 0) is 139 Å². The number of rotatable bonds is 9. The minimum absolute atomic E-state index is 0.0502. The molecule has 5 saturated carbocycles. The minimum Gasteiger partial charge on any atom is -0.460 e. The van der Waals surface area contributed by atoms with Crippen LogP contribution in [-0.2, 0) is 33.2 Å². The first-order chi connectivity index (χ1) is 23.9. The zero-order chi connectivity index (χ0) is 38.7. The zero-order valence-corrected chi connectivity index (χ0v) is 35.3. The number of ether oxygens (including phenoxy) is 6. The third kappa shape index (κ3) is 5.81.